The molecule has 0 aliphatic heterocycles. The maximum Gasteiger partial charge on any atom is 0.272 e. The predicted molar refractivity (Wildman–Crippen MR) is 89.2 cm³/mol. The number of aromatic amines is 1. The maximum absolute atomic E-state index is 11.9. The monoisotopic (exact) mass is 305 g/mol. The summed E-state index contributed by atoms with van der Waals surface area (Å²) in [6, 6.07) is 9.74. The highest BCUT2D eigenvalue weighted by Crippen LogP contribution is 2.25. The summed E-state index contributed by atoms with van der Waals surface area (Å²) in [7, 11) is 0. The lowest BCUT2D eigenvalue weighted by Gasteiger charge is -2.06. The third-order valence-corrected chi connectivity index (χ3v) is 4.03. The number of aromatic nitrogens is 4. The molecule has 114 valence electrons. The van der Waals surface area contributed by atoms with E-state index in [1.807, 2.05) is 48.0 Å². The smallest absolute Gasteiger partial charge is 0.272 e. The summed E-state index contributed by atoms with van der Waals surface area (Å²) in [6.07, 6.45) is 3.83. The Bertz CT molecular complexity index is 1090. The number of rotatable bonds is 2. The highest BCUT2D eigenvalue weighted by molar-refractivity contribution is 5.88. The van der Waals surface area contributed by atoms with E-state index < -0.39 is 0 Å². The van der Waals surface area contributed by atoms with Gasteiger partial charge in [0.1, 0.15) is 5.65 Å². The van der Waals surface area contributed by atoms with Gasteiger partial charge in [-0.25, -0.2) is 10.1 Å². The molecule has 0 bridgehead atoms. The van der Waals surface area contributed by atoms with E-state index >= 15 is 0 Å². The van der Waals surface area contributed by atoms with E-state index in [4.69, 9.17) is 5.73 Å². The van der Waals surface area contributed by atoms with Crippen LogP contribution in [-0.4, -0.2) is 19.6 Å². The lowest BCUT2D eigenvalue weighted by Crippen LogP contribution is -2.13. The molecule has 0 spiro atoms. The molecule has 0 unspecified atom stereocenters. The van der Waals surface area contributed by atoms with Crippen LogP contribution in [0.15, 0.2) is 47.5 Å². The highest BCUT2D eigenvalue weighted by Gasteiger charge is 2.10. The number of aryl methyl sites for hydroxylation is 1. The molecule has 0 aliphatic rings. The molecule has 0 atom stereocenters. The van der Waals surface area contributed by atoms with Crippen LogP contribution in [0.25, 0.3) is 27.7 Å². The Labute approximate surface area is 131 Å². The number of imidazole rings is 1. The number of hydrogen-bond donors (Lipinski definition) is 2. The number of hydrogen-bond acceptors (Lipinski definition) is 4. The summed E-state index contributed by atoms with van der Waals surface area (Å²) in [6.45, 7) is 2.30. The van der Waals surface area contributed by atoms with Crippen molar-refractivity contribution >= 4 is 16.4 Å². The van der Waals surface area contributed by atoms with Gasteiger partial charge >= 0.3 is 0 Å². The number of benzene rings is 1. The topological polar surface area (TPSA) is 89.1 Å². The van der Waals surface area contributed by atoms with Crippen molar-refractivity contribution in [3.05, 3.63) is 64.3 Å². The summed E-state index contributed by atoms with van der Waals surface area (Å²) in [5.41, 5.74) is 10.2. The molecule has 3 aromatic heterocycles. The van der Waals surface area contributed by atoms with Crippen LogP contribution < -0.4 is 11.3 Å². The fraction of sp³-hybridized carbons (Fsp3) is 0.118. The van der Waals surface area contributed by atoms with Crippen LogP contribution in [0, 0.1) is 6.92 Å². The molecule has 0 radical (unpaired) electrons. The second kappa shape index (κ2) is 5.03. The van der Waals surface area contributed by atoms with Crippen molar-refractivity contribution < 1.29 is 0 Å². The van der Waals surface area contributed by atoms with Crippen LogP contribution in [0.2, 0.25) is 0 Å². The standard InChI is InChI=1S/C17H15N5O/c1-10-4-5-22-15(9-19-16(22)6-10)11-2-3-12-13(7-11)14(8-18)20-21-17(12)23/h2-7,9H,8,18H2,1H3,(H,21,23). The number of nitrogens with zero attached hydrogens (tertiary/aromatic N) is 3. The molecule has 6 heteroatoms. The fourth-order valence-electron chi connectivity index (χ4n) is 2.83. The van der Waals surface area contributed by atoms with Gasteiger partial charge in [-0.05, 0) is 36.8 Å². The van der Waals surface area contributed by atoms with Gasteiger partial charge in [0, 0.05) is 23.7 Å². The summed E-state index contributed by atoms with van der Waals surface area (Å²) in [5, 5.41) is 7.88. The molecule has 1 aromatic carbocycles. The van der Waals surface area contributed by atoms with Gasteiger partial charge in [-0.15, -0.1) is 0 Å². The van der Waals surface area contributed by atoms with E-state index in [0.717, 1.165) is 27.9 Å². The van der Waals surface area contributed by atoms with Crippen molar-refractivity contribution in [3.8, 4) is 11.3 Å². The zero-order valence-corrected chi connectivity index (χ0v) is 12.6. The summed E-state index contributed by atoms with van der Waals surface area (Å²) >= 11 is 0. The largest absolute Gasteiger partial charge is 0.325 e. The Hall–Kier alpha value is -2.99. The van der Waals surface area contributed by atoms with Gasteiger partial charge in [-0.2, -0.15) is 5.10 Å². The molecule has 0 saturated carbocycles. The molecule has 3 heterocycles. The Morgan fingerprint density at radius 1 is 1.22 bits per heavy atom. The van der Waals surface area contributed by atoms with Crippen molar-refractivity contribution in [1.82, 2.24) is 19.6 Å². The van der Waals surface area contributed by atoms with E-state index in [9.17, 15) is 4.79 Å². The highest BCUT2D eigenvalue weighted by atomic mass is 16.1. The van der Waals surface area contributed by atoms with Crippen molar-refractivity contribution in [2.75, 3.05) is 0 Å². The number of fused-ring (bicyclic) bond motifs is 2. The van der Waals surface area contributed by atoms with Crippen LogP contribution in [-0.2, 0) is 6.54 Å². The Morgan fingerprint density at radius 3 is 2.91 bits per heavy atom. The Morgan fingerprint density at radius 2 is 2.09 bits per heavy atom. The fourth-order valence-corrected chi connectivity index (χ4v) is 2.83. The zero-order valence-electron chi connectivity index (χ0n) is 12.6. The molecule has 0 amide bonds. The molecule has 23 heavy (non-hydrogen) atoms. The predicted octanol–water partition coefficient (Wildman–Crippen LogP) is 2.00. The molecule has 4 aromatic rings. The lowest BCUT2D eigenvalue weighted by atomic mass is 10.1. The molecule has 3 N–H and O–H groups in total. The van der Waals surface area contributed by atoms with Gasteiger partial charge in [-0.1, -0.05) is 6.07 Å². The van der Waals surface area contributed by atoms with E-state index in [1.165, 1.54) is 0 Å². The van der Waals surface area contributed by atoms with Crippen LogP contribution >= 0.6 is 0 Å². The average molecular weight is 305 g/mol. The van der Waals surface area contributed by atoms with Crippen molar-refractivity contribution in [2.45, 2.75) is 13.5 Å². The van der Waals surface area contributed by atoms with E-state index in [0.29, 0.717) is 11.1 Å². The Balaban J connectivity index is 1.99. The second-order valence-electron chi connectivity index (χ2n) is 5.54. The molecule has 0 fully saturated rings. The second-order valence-corrected chi connectivity index (χ2v) is 5.54. The number of H-pyrrole nitrogens is 1. The zero-order chi connectivity index (χ0) is 16.0. The van der Waals surface area contributed by atoms with Crippen LogP contribution in [0.4, 0.5) is 0 Å². The van der Waals surface area contributed by atoms with Gasteiger partial charge in [-0.3, -0.25) is 9.20 Å². The molecular weight excluding hydrogens is 290 g/mol. The first kappa shape index (κ1) is 13.7. The van der Waals surface area contributed by atoms with Crippen molar-refractivity contribution in [1.29, 1.82) is 0 Å². The number of nitrogens with one attached hydrogen (secondary N) is 1. The van der Waals surface area contributed by atoms with Gasteiger partial charge < -0.3 is 5.73 Å². The van der Waals surface area contributed by atoms with Crippen molar-refractivity contribution in [3.63, 3.8) is 0 Å². The molecule has 0 saturated heterocycles. The summed E-state index contributed by atoms with van der Waals surface area (Å²) in [5.74, 6) is 0. The van der Waals surface area contributed by atoms with Gasteiger partial charge in [0.25, 0.3) is 5.56 Å². The number of nitrogens with two attached hydrogens (primary N) is 1. The van der Waals surface area contributed by atoms with Gasteiger partial charge in [0.15, 0.2) is 0 Å². The maximum atomic E-state index is 11.9. The van der Waals surface area contributed by atoms with Crippen molar-refractivity contribution in [2.24, 2.45) is 5.73 Å². The normalized spacial score (nSPS) is 11.4. The van der Waals surface area contributed by atoms with Crippen LogP contribution in [0.3, 0.4) is 0 Å². The third kappa shape index (κ3) is 2.11. The van der Waals surface area contributed by atoms with Crippen LogP contribution in [0.5, 0.6) is 0 Å². The first-order valence-corrected chi connectivity index (χ1v) is 7.33. The van der Waals surface area contributed by atoms with E-state index in [1.54, 1.807) is 6.07 Å². The average Bonchev–Trinajstić information content (AvgIpc) is 2.98. The lowest BCUT2D eigenvalue weighted by molar-refractivity contribution is 0.900. The SMILES string of the molecule is Cc1ccn2c(-c3ccc4c(=O)[nH]nc(CN)c4c3)cnc2c1. The Kier molecular flexibility index (Phi) is 2.99. The summed E-state index contributed by atoms with van der Waals surface area (Å²) in [4.78, 5) is 16.4. The van der Waals surface area contributed by atoms with E-state index in [2.05, 4.69) is 15.2 Å². The minimum atomic E-state index is -0.211. The molecular formula is C17H15N5O. The quantitative estimate of drug-likeness (QED) is 0.593. The summed E-state index contributed by atoms with van der Waals surface area (Å²) < 4.78 is 2.02. The molecule has 6 nitrogen and oxygen atoms in total. The van der Waals surface area contributed by atoms with Gasteiger partial charge in [0.2, 0.25) is 0 Å². The third-order valence-electron chi connectivity index (χ3n) is 4.03. The van der Waals surface area contributed by atoms with Gasteiger partial charge in [0.05, 0.1) is 23.0 Å². The molecule has 0 aliphatic carbocycles. The minimum absolute atomic E-state index is 0.211. The minimum Gasteiger partial charge on any atom is -0.325 e. The first-order valence-electron chi connectivity index (χ1n) is 7.33. The molecule has 4 rings (SSSR count). The van der Waals surface area contributed by atoms with E-state index in [-0.39, 0.29) is 12.1 Å². The van der Waals surface area contributed by atoms with Crippen LogP contribution in [0.1, 0.15) is 11.3 Å². The number of pyridine rings is 1. The first-order chi connectivity index (χ1) is 11.2.